The average molecular weight is 348 g/mol. The number of halogens is 1. The summed E-state index contributed by atoms with van der Waals surface area (Å²) in [6, 6.07) is 4.96. The SMILES string of the molecule is Cc1sc(C(=O)O)cc1S(=O)(=O)Nc1ccc(O)c(Cl)c1. The molecular formula is C12H10ClNO5S2. The first-order valence-electron chi connectivity index (χ1n) is 5.56. The highest BCUT2D eigenvalue weighted by atomic mass is 35.5. The highest BCUT2D eigenvalue weighted by Gasteiger charge is 2.22. The number of aromatic hydroxyl groups is 1. The molecule has 0 fully saturated rings. The van der Waals surface area contributed by atoms with Crippen LogP contribution in [-0.4, -0.2) is 24.6 Å². The van der Waals surface area contributed by atoms with E-state index in [2.05, 4.69) is 4.72 Å². The van der Waals surface area contributed by atoms with Crippen LogP contribution in [0.4, 0.5) is 5.69 Å². The van der Waals surface area contributed by atoms with Crippen molar-refractivity contribution in [1.82, 2.24) is 0 Å². The van der Waals surface area contributed by atoms with Crippen molar-refractivity contribution in [2.24, 2.45) is 0 Å². The first kappa shape index (κ1) is 15.6. The Balaban J connectivity index is 2.38. The average Bonchev–Trinajstić information content (AvgIpc) is 2.77. The van der Waals surface area contributed by atoms with Crippen LogP contribution in [0.2, 0.25) is 5.02 Å². The molecule has 21 heavy (non-hydrogen) atoms. The molecule has 1 heterocycles. The van der Waals surface area contributed by atoms with E-state index in [0.29, 0.717) is 4.88 Å². The van der Waals surface area contributed by atoms with Crippen molar-refractivity contribution in [2.45, 2.75) is 11.8 Å². The molecule has 6 nitrogen and oxygen atoms in total. The highest BCUT2D eigenvalue weighted by Crippen LogP contribution is 2.30. The smallest absolute Gasteiger partial charge is 0.345 e. The number of aromatic carboxylic acids is 1. The molecule has 0 unspecified atom stereocenters. The molecule has 0 spiro atoms. The van der Waals surface area contributed by atoms with E-state index >= 15 is 0 Å². The van der Waals surface area contributed by atoms with E-state index in [1.807, 2.05) is 0 Å². The number of anilines is 1. The van der Waals surface area contributed by atoms with Crippen LogP contribution in [0.15, 0.2) is 29.2 Å². The van der Waals surface area contributed by atoms with Gasteiger partial charge in [-0.05, 0) is 31.2 Å². The molecule has 0 saturated heterocycles. The van der Waals surface area contributed by atoms with E-state index < -0.39 is 16.0 Å². The summed E-state index contributed by atoms with van der Waals surface area (Å²) in [6.07, 6.45) is 0. The predicted octanol–water partition coefficient (Wildman–Crippen LogP) is 2.91. The Bertz CT molecular complexity index is 813. The Hall–Kier alpha value is -1.77. The number of thiophene rings is 1. The van der Waals surface area contributed by atoms with Crippen LogP contribution in [0.25, 0.3) is 0 Å². The fraction of sp³-hybridized carbons (Fsp3) is 0.0833. The van der Waals surface area contributed by atoms with Crippen LogP contribution in [0, 0.1) is 6.92 Å². The Labute approximate surface area is 129 Å². The maximum Gasteiger partial charge on any atom is 0.345 e. The van der Waals surface area contributed by atoms with Crippen LogP contribution in [-0.2, 0) is 10.0 Å². The molecule has 0 radical (unpaired) electrons. The van der Waals surface area contributed by atoms with E-state index in [4.69, 9.17) is 16.7 Å². The maximum absolute atomic E-state index is 12.3. The molecule has 0 aliphatic heterocycles. The lowest BCUT2D eigenvalue weighted by Crippen LogP contribution is -2.13. The molecule has 0 saturated carbocycles. The Morgan fingerprint density at radius 3 is 2.52 bits per heavy atom. The molecule has 0 aliphatic rings. The molecular weight excluding hydrogens is 338 g/mol. The fourth-order valence-electron chi connectivity index (χ4n) is 1.62. The summed E-state index contributed by atoms with van der Waals surface area (Å²) in [7, 11) is -3.93. The van der Waals surface area contributed by atoms with Gasteiger partial charge in [-0.25, -0.2) is 13.2 Å². The molecule has 3 N–H and O–H groups in total. The summed E-state index contributed by atoms with van der Waals surface area (Å²) < 4.78 is 26.8. The molecule has 0 aliphatic carbocycles. The maximum atomic E-state index is 12.3. The zero-order valence-electron chi connectivity index (χ0n) is 10.6. The molecule has 2 rings (SSSR count). The second-order valence-corrected chi connectivity index (χ2v) is 7.42. The third kappa shape index (κ3) is 3.29. The number of carbonyl (C=O) groups is 1. The minimum absolute atomic E-state index is 0.00321. The van der Waals surface area contributed by atoms with Gasteiger partial charge in [-0.3, -0.25) is 4.72 Å². The van der Waals surface area contributed by atoms with Crippen LogP contribution in [0.5, 0.6) is 5.75 Å². The first-order valence-corrected chi connectivity index (χ1v) is 8.23. The summed E-state index contributed by atoms with van der Waals surface area (Å²) in [4.78, 5) is 11.1. The van der Waals surface area contributed by atoms with Crippen molar-refractivity contribution in [3.05, 3.63) is 39.0 Å². The summed E-state index contributed by atoms with van der Waals surface area (Å²) in [6.45, 7) is 1.52. The van der Waals surface area contributed by atoms with Gasteiger partial charge in [-0.2, -0.15) is 0 Å². The van der Waals surface area contributed by atoms with Crippen LogP contribution in [0.3, 0.4) is 0 Å². The second-order valence-electron chi connectivity index (χ2n) is 4.11. The van der Waals surface area contributed by atoms with Gasteiger partial charge in [-0.15, -0.1) is 11.3 Å². The van der Waals surface area contributed by atoms with Crippen molar-refractivity contribution in [2.75, 3.05) is 4.72 Å². The van der Waals surface area contributed by atoms with Gasteiger partial charge in [0.2, 0.25) is 0 Å². The predicted molar refractivity (Wildman–Crippen MR) is 79.9 cm³/mol. The zero-order valence-corrected chi connectivity index (χ0v) is 13.0. The summed E-state index contributed by atoms with van der Waals surface area (Å²) in [5, 5.41) is 18.2. The Kier molecular flexibility index (Phi) is 4.13. The number of carboxylic acids is 1. The van der Waals surface area contributed by atoms with Gasteiger partial charge in [0, 0.05) is 4.88 Å². The molecule has 1 aromatic heterocycles. The number of phenols is 1. The molecule has 0 atom stereocenters. The quantitative estimate of drug-likeness (QED) is 0.738. The van der Waals surface area contributed by atoms with Crippen LogP contribution in [0.1, 0.15) is 14.5 Å². The van der Waals surface area contributed by atoms with Gasteiger partial charge in [0.05, 0.1) is 10.7 Å². The highest BCUT2D eigenvalue weighted by molar-refractivity contribution is 7.93. The summed E-state index contributed by atoms with van der Waals surface area (Å²) in [5.74, 6) is -1.35. The molecule has 112 valence electrons. The topological polar surface area (TPSA) is 104 Å². The number of nitrogens with one attached hydrogen (secondary N) is 1. The summed E-state index contributed by atoms with van der Waals surface area (Å²) >= 11 is 6.59. The monoisotopic (exact) mass is 347 g/mol. The lowest BCUT2D eigenvalue weighted by Gasteiger charge is -2.08. The minimum Gasteiger partial charge on any atom is -0.506 e. The number of hydrogen-bond donors (Lipinski definition) is 3. The van der Waals surface area contributed by atoms with Gasteiger partial charge in [0.15, 0.2) is 0 Å². The van der Waals surface area contributed by atoms with Crippen molar-refractivity contribution in [1.29, 1.82) is 0 Å². The molecule has 2 aromatic rings. The lowest BCUT2D eigenvalue weighted by atomic mass is 10.3. The van der Waals surface area contributed by atoms with Crippen molar-refractivity contribution in [3.8, 4) is 5.75 Å². The number of sulfonamides is 1. The van der Waals surface area contributed by atoms with Crippen LogP contribution < -0.4 is 4.72 Å². The third-order valence-electron chi connectivity index (χ3n) is 2.57. The van der Waals surface area contributed by atoms with Gasteiger partial charge in [0.25, 0.3) is 10.0 Å². The van der Waals surface area contributed by atoms with Crippen molar-refractivity contribution in [3.63, 3.8) is 0 Å². The Morgan fingerprint density at radius 2 is 2.00 bits per heavy atom. The largest absolute Gasteiger partial charge is 0.506 e. The van der Waals surface area contributed by atoms with Gasteiger partial charge in [-0.1, -0.05) is 11.6 Å². The molecule has 0 bridgehead atoms. The van der Waals surface area contributed by atoms with Crippen molar-refractivity contribution >= 4 is 44.6 Å². The number of rotatable bonds is 4. The Morgan fingerprint density at radius 1 is 1.33 bits per heavy atom. The zero-order chi connectivity index (χ0) is 15.8. The number of benzene rings is 1. The fourth-order valence-corrected chi connectivity index (χ4v) is 4.28. The minimum atomic E-state index is -3.93. The molecule has 0 amide bonds. The molecule has 1 aromatic carbocycles. The first-order chi connectivity index (χ1) is 9.70. The molecule has 9 heteroatoms. The number of aryl methyl sites for hydroxylation is 1. The van der Waals surface area contributed by atoms with Gasteiger partial charge in [0.1, 0.15) is 15.5 Å². The van der Waals surface area contributed by atoms with E-state index in [1.165, 1.54) is 25.1 Å². The second kappa shape index (κ2) is 5.55. The van der Waals surface area contributed by atoms with E-state index in [0.717, 1.165) is 17.4 Å². The lowest BCUT2D eigenvalue weighted by molar-refractivity contribution is 0.0702. The van der Waals surface area contributed by atoms with Gasteiger partial charge >= 0.3 is 5.97 Å². The summed E-state index contributed by atoms with van der Waals surface area (Å²) in [5.41, 5.74) is 0.167. The van der Waals surface area contributed by atoms with Gasteiger partial charge < -0.3 is 10.2 Å². The number of carboxylic acid groups (broad SMARTS) is 1. The van der Waals surface area contributed by atoms with E-state index in [9.17, 15) is 18.3 Å². The van der Waals surface area contributed by atoms with Crippen molar-refractivity contribution < 1.29 is 23.4 Å². The van der Waals surface area contributed by atoms with E-state index in [1.54, 1.807) is 0 Å². The van der Waals surface area contributed by atoms with E-state index in [-0.39, 0.29) is 26.2 Å². The number of phenolic OH excluding ortho intramolecular Hbond substituents is 1. The third-order valence-corrected chi connectivity index (χ3v) is 5.55. The normalized spacial score (nSPS) is 11.3. The standard InChI is InChI=1S/C12H10ClNO5S2/c1-6-11(5-10(20-6)12(16)17)21(18,19)14-7-2-3-9(15)8(13)4-7/h2-5,14-15H,1H3,(H,16,17). The number of hydrogen-bond acceptors (Lipinski definition) is 5. The van der Waals surface area contributed by atoms with Crippen LogP contribution >= 0.6 is 22.9 Å².